The maximum atomic E-state index is 11.1. The summed E-state index contributed by atoms with van der Waals surface area (Å²) >= 11 is 5.73. The lowest BCUT2D eigenvalue weighted by atomic mass is 10.1. The summed E-state index contributed by atoms with van der Waals surface area (Å²) in [5, 5.41) is 22.9. The number of para-hydroxylation sites is 1. The number of carboxylic acids is 1. The summed E-state index contributed by atoms with van der Waals surface area (Å²) in [6, 6.07) is 8.85. The zero-order valence-electron chi connectivity index (χ0n) is 10.6. The van der Waals surface area contributed by atoms with Crippen LogP contribution in [0.2, 0.25) is 5.15 Å². The molecule has 2 aromatic rings. The number of pyridine rings is 1. The fourth-order valence-corrected chi connectivity index (χ4v) is 1.91. The number of nitro benzene ring substituents is 1. The fourth-order valence-electron chi connectivity index (χ4n) is 1.76. The Morgan fingerprint density at radius 3 is 2.71 bits per heavy atom. The van der Waals surface area contributed by atoms with Gasteiger partial charge >= 0.3 is 5.97 Å². The SMILES string of the molecule is O=C(O)c1ccc(Cl)nc1NCc1ccccc1[N+](=O)[O-]. The van der Waals surface area contributed by atoms with Crippen molar-refractivity contribution in [2.75, 3.05) is 5.32 Å². The molecule has 0 aliphatic carbocycles. The summed E-state index contributed by atoms with van der Waals surface area (Å²) in [5.74, 6) is -1.10. The first kappa shape index (κ1) is 14.7. The molecule has 1 aromatic carbocycles. The number of nitro groups is 1. The Labute approximate surface area is 124 Å². The van der Waals surface area contributed by atoms with Gasteiger partial charge in [-0.3, -0.25) is 10.1 Å². The van der Waals surface area contributed by atoms with Gasteiger partial charge in [-0.2, -0.15) is 0 Å². The number of benzene rings is 1. The monoisotopic (exact) mass is 307 g/mol. The number of halogens is 1. The third-order valence-electron chi connectivity index (χ3n) is 2.73. The molecule has 21 heavy (non-hydrogen) atoms. The van der Waals surface area contributed by atoms with Gasteiger partial charge in [0.25, 0.3) is 5.69 Å². The van der Waals surface area contributed by atoms with Crippen LogP contribution in [0.1, 0.15) is 15.9 Å². The Hall–Kier alpha value is -2.67. The van der Waals surface area contributed by atoms with Crippen LogP contribution < -0.4 is 5.32 Å². The highest BCUT2D eigenvalue weighted by atomic mass is 35.5. The molecule has 0 aliphatic heterocycles. The van der Waals surface area contributed by atoms with E-state index in [1.807, 2.05) is 0 Å². The molecule has 0 fully saturated rings. The first-order valence-electron chi connectivity index (χ1n) is 5.85. The molecule has 7 nitrogen and oxygen atoms in total. The fraction of sp³-hybridized carbons (Fsp3) is 0.0769. The summed E-state index contributed by atoms with van der Waals surface area (Å²) in [6.45, 7) is 0.0603. The Bertz CT molecular complexity index is 706. The van der Waals surface area contributed by atoms with Crippen LogP contribution in [0.15, 0.2) is 36.4 Å². The number of rotatable bonds is 5. The number of nitrogens with zero attached hydrogens (tertiary/aromatic N) is 2. The summed E-state index contributed by atoms with van der Waals surface area (Å²) in [5.41, 5.74) is 0.308. The molecule has 0 spiro atoms. The second-order valence-electron chi connectivity index (χ2n) is 4.07. The van der Waals surface area contributed by atoms with Crippen molar-refractivity contribution in [3.8, 4) is 0 Å². The molecule has 0 saturated heterocycles. The Kier molecular flexibility index (Phi) is 4.34. The standard InChI is InChI=1S/C13H10ClN3O4/c14-11-6-5-9(13(18)19)12(16-11)15-7-8-3-1-2-4-10(8)17(20)21/h1-6H,7H2,(H,15,16)(H,18,19). The summed E-state index contributed by atoms with van der Waals surface area (Å²) in [7, 11) is 0. The number of carbonyl (C=O) groups is 1. The van der Waals surface area contributed by atoms with Gasteiger partial charge < -0.3 is 10.4 Å². The quantitative estimate of drug-likeness (QED) is 0.500. The molecule has 0 unspecified atom stereocenters. The highest BCUT2D eigenvalue weighted by Crippen LogP contribution is 2.21. The van der Waals surface area contributed by atoms with Gasteiger partial charge in [-0.25, -0.2) is 9.78 Å². The van der Waals surface area contributed by atoms with Crippen molar-refractivity contribution in [3.05, 3.63) is 62.8 Å². The van der Waals surface area contributed by atoms with E-state index in [0.717, 1.165) is 0 Å². The van der Waals surface area contributed by atoms with Crippen molar-refractivity contribution in [3.63, 3.8) is 0 Å². The normalized spacial score (nSPS) is 10.1. The Morgan fingerprint density at radius 1 is 1.33 bits per heavy atom. The average molecular weight is 308 g/mol. The lowest BCUT2D eigenvalue weighted by Crippen LogP contribution is -2.09. The number of hydrogen-bond donors (Lipinski definition) is 2. The minimum absolute atomic E-state index is 0.0519. The third kappa shape index (κ3) is 3.46. The van der Waals surface area contributed by atoms with Crippen LogP contribution in [-0.2, 0) is 6.54 Å². The molecule has 0 radical (unpaired) electrons. The number of nitrogens with one attached hydrogen (secondary N) is 1. The molecule has 1 aromatic heterocycles. The van der Waals surface area contributed by atoms with E-state index < -0.39 is 10.9 Å². The number of carboxylic acid groups (broad SMARTS) is 1. The van der Waals surface area contributed by atoms with E-state index in [1.165, 1.54) is 18.2 Å². The summed E-state index contributed by atoms with van der Waals surface area (Å²) in [6.07, 6.45) is 0. The zero-order valence-corrected chi connectivity index (χ0v) is 11.4. The van der Waals surface area contributed by atoms with Crippen LogP contribution in [0.4, 0.5) is 11.5 Å². The maximum Gasteiger partial charge on any atom is 0.339 e. The predicted molar refractivity (Wildman–Crippen MR) is 76.6 cm³/mol. The predicted octanol–water partition coefficient (Wildman–Crippen LogP) is 2.95. The van der Waals surface area contributed by atoms with Gasteiger partial charge in [-0.15, -0.1) is 0 Å². The van der Waals surface area contributed by atoms with E-state index in [2.05, 4.69) is 10.3 Å². The van der Waals surface area contributed by atoms with Crippen molar-refractivity contribution in [1.29, 1.82) is 0 Å². The summed E-state index contributed by atoms with van der Waals surface area (Å²) in [4.78, 5) is 25.4. The molecule has 1 heterocycles. The lowest BCUT2D eigenvalue weighted by molar-refractivity contribution is -0.385. The van der Waals surface area contributed by atoms with Crippen molar-refractivity contribution >= 4 is 29.1 Å². The molecule has 108 valence electrons. The van der Waals surface area contributed by atoms with Gasteiger partial charge in [0.2, 0.25) is 0 Å². The number of anilines is 1. The lowest BCUT2D eigenvalue weighted by Gasteiger charge is -2.09. The Balaban J connectivity index is 2.27. The van der Waals surface area contributed by atoms with Crippen LogP contribution in [-0.4, -0.2) is 21.0 Å². The van der Waals surface area contributed by atoms with E-state index in [0.29, 0.717) is 5.56 Å². The van der Waals surface area contributed by atoms with Gasteiger partial charge in [0.15, 0.2) is 0 Å². The van der Waals surface area contributed by atoms with Crippen LogP contribution in [0.5, 0.6) is 0 Å². The van der Waals surface area contributed by atoms with Gasteiger partial charge in [-0.1, -0.05) is 29.8 Å². The van der Waals surface area contributed by atoms with Crippen molar-refractivity contribution in [2.45, 2.75) is 6.54 Å². The second-order valence-corrected chi connectivity index (χ2v) is 4.46. The average Bonchev–Trinajstić information content (AvgIpc) is 2.45. The molecule has 0 bridgehead atoms. The van der Waals surface area contributed by atoms with E-state index in [4.69, 9.17) is 16.7 Å². The minimum atomic E-state index is -1.16. The second kappa shape index (κ2) is 6.19. The number of hydrogen-bond acceptors (Lipinski definition) is 5. The molecule has 0 saturated carbocycles. The van der Waals surface area contributed by atoms with Gasteiger partial charge in [-0.05, 0) is 12.1 Å². The van der Waals surface area contributed by atoms with E-state index in [9.17, 15) is 14.9 Å². The topological polar surface area (TPSA) is 105 Å². The van der Waals surface area contributed by atoms with Crippen molar-refractivity contribution < 1.29 is 14.8 Å². The Morgan fingerprint density at radius 2 is 2.05 bits per heavy atom. The molecule has 0 aliphatic rings. The van der Waals surface area contributed by atoms with Gasteiger partial charge in [0.1, 0.15) is 16.5 Å². The van der Waals surface area contributed by atoms with E-state index in [-0.39, 0.29) is 28.8 Å². The smallest absolute Gasteiger partial charge is 0.339 e. The zero-order chi connectivity index (χ0) is 15.4. The van der Waals surface area contributed by atoms with E-state index in [1.54, 1.807) is 18.2 Å². The third-order valence-corrected chi connectivity index (χ3v) is 2.94. The van der Waals surface area contributed by atoms with Gasteiger partial charge in [0.05, 0.1) is 4.92 Å². The van der Waals surface area contributed by atoms with Crippen molar-refractivity contribution in [2.24, 2.45) is 0 Å². The molecule has 8 heteroatoms. The van der Waals surface area contributed by atoms with Crippen LogP contribution in [0, 0.1) is 10.1 Å². The van der Waals surface area contributed by atoms with Crippen molar-refractivity contribution in [1.82, 2.24) is 4.98 Å². The summed E-state index contributed by atoms with van der Waals surface area (Å²) < 4.78 is 0. The molecule has 2 N–H and O–H groups in total. The van der Waals surface area contributed by atoms with Gasteiger partial charge in [0, 0.05) is 18.2 Å². The van der Waals surface area contributed by atoms with Crippen LogP contribution in [0.3, 0.4) is 0 Å². The minimum Gasteiger partial charge on any atom is -0.478 e. The van der Waals surface area contributed by atoms with Crippen LogP contribution in [0.25, 0.3) is 0 Å². The molecular formula is C13H10ClN3O4. The highest BCUT2D eigenvalue weighted by Gasteiger charge is 2.15. The molecular weight excluding hydrogens is 298 g/mol. The molecule has 0 atom stereocenters. The first-order valence-corrected chi connectivity index (χ1v) is 6.23. The molecule has 0 amide bonds. The first-order chi connectivity index (χ1) is 9.99. The van der Waals surface area contributed by atoms with E-state index >= 15 is 0 Å². The molecule has 2 rings (SSSR count). The highest BCUT2D eigenvalue weighted by molar-refractivity contribution is 6.29. The number of aromatic nitrogens is 1. The maximum absolute atomic E-state index is 11.1. The largest absolute Gasteiger partial charge is 0.478 e. The number of aromatic carboxylic acids is 1. The van der Waals surface area contributed by atoms with Crippen LogP contribution >= 0.6 is 11.6 Å².